The number of likely N-dealkylation sites (N-methyl/N-ethyl adjacent to an activating group) is 1. The van der Waals surface area contributed by atoms with Crippen LogP contribution in [0.4, 0.5) is 4.39 Å². The van der Waals surface area contributed by atoms with E-state index < -0.39 is 12.1 Å². The summed E-state index contributed by atoms with van der Waals surface area (Å²) in [6.07, 6.45) is -1.15. The fraction of sp³-hybridized carbons (Fsp3) is 0.364. The molecule has 1 atom stereocenters. The quantitative estimate of drug-likeness (QED) is 0.827. The number of hydrogen-bond donors (Lipinski definition) is 1. The fourth-order valence-corrected chi connectivity index (χ4v) is 1.29. The van der Waals surface area contributed by atoms with Crippen molar-refractivity contribution in [1.82, 2.24) is 4.90 Å². The zero-order chi connectivity index (χ0) is 11.4. The second kappa shape index (κ2) is 4.89. The molecular weight excluding hydrogens is 197 g/mol. The molecule has 0 heterocycles. The van der Waals surface area contributed by atoms with E-state index in [-0.39, 0.29) is 12.1 Å². The third-order valence-electron chi connectivity index (χ3n) is 2.02. The van der Waals surface area contributed by atoms with Crippen molar-refractivity contribution < 1.29 is 14.3 Å². The molecule has 1 rings (SSSR count). The molecule has 0 saturated heterocycles. The van der Waals surface area contributed by atoms with E-state index in [2.05, 4.69) is 0 Å². The Morgan fingerprint density at radius 2 is 2.20 bits per heavy atom. The lowest BCUT2D eigenvalue weighted by Gasteiger charge is -2.14. The van der Waals surface area contributed by atoms with Gasteiger partial charge in [-0.2, -0.15) is 0 Å². The predicted molar refractivity (Wildman–Crippen MR) is 55.8 cm³/mol. The summed E-state index contributed by atoms with van der Waals surface area (Å²) in [5, 5.41) is 8.74. The highest BCUT2D eigenvalue weighted by molar-refractivity contribution is 5.87. The number of carboxylic acids is 1. The standard InChI is InChI=1S/C11H14FNO2/c1-13(2)7-10(12)8-4-3-5-9(6-8)11(14)15/h3-6,10H,7H2,1-2H3,(H,14,15). The van der Waals surface area contributed by atoms with Gasteiger partial charge in [-0.1, -0.05) is 12.1 Å². The molecule has 0 aliphatic rings. The van der Waals surface area contributed by atoms with Gasteiger partial charge in [0.15, 0.2) is 0 Å². The molecule has 0 aliphatic heterocycles. The fourth-order valence-electron chi connectivity index (χ4n) is 1.29. The summed E-state index contributed by atoms with van der Waals surface area (Å²) in [6.45, 7) is 0.253. The van der Waals surface area contributed by atoms with Crippen LogP contribution >= 0.6 is 0 Å². The van der Waals surface area contributed by atoms with Crippen molar-refractivity contribution in [2.45, 2.75) is 6.17 Å². The zero-order valence-corrected chi connectivity index (χ0v) is 8.77. The molecule has 0 fully saturated rings. The van der Waals surface area contributed by atoms with Gasteiger partial charge in [-0.3, -0.25) is 0 Å². The minimum atomic E-state index is -1.15. The van der Waals surface area contributed by atoms with Crippen LogP contribution in [-0.4, -0.2) is 36.6 Å². The van der Waals surface area contributed by atoms with Crippen LogP contribution in [0.25, 0.3) is 0 Å². The minimum absolute atomic E-state index is 0.119. The number of benzene rings is 1. The van der Waals surface area contributed by atoms with Gasteiger partial charge in [0.25, 0.3) is 0 Å². The average molecular weight is 211 g/mol. The highest BCUT2D eigenvalue weighted by atomic mass is 19.1. The summed E-state index contributed by atoms with van der Waals surface area (Å²) in [6, 6.07) is 5.98. The molecule has 0 radical (unpaired) electrons. The second-order valence-electron chi connectivity index (χ2n) is 3.66. The van der Waals surface area contributed by atoms with Crippen LogP contribution in [0, 0.1) is 0 Å². The Morgan fingerprint density at radius 3 is 2.73 bits per heavy atom. The van der Waals surface area contributed by atoms with E-state index in [1.165, 1.54) is 12.1 Å². The van der Waals surface area contributed by atoms with Gasteiger partial charge in [0.1, 0.15) is 6.17 Å². The third-order valence-corrected chi connectivity index (χ3v) is 2.02. The van der Waals surface area contributed by atoms with E-state index in [0.29, 0.717) is 5.56 Å². The van der Waals surface area contributed by atoms with Crippen molar-refractivity contribution in [2.24, 2.45) is 0 Å². The van der Waals surface area contributed by atoms with Crippen LogP contribution in [0.1, 0.15) is 22.1 Å². The van der Waals surface area contributed by atoms with E-state index in [1.807, 2.05) is 0 Å². The molecule has 0 aromatic heterocycles. The topological polar surface area (TPSA) is 40.5 Å². The number of halogens is 1. The smallest absolute Gasteiger partial charge is 0.335 e. The normalized spacial score (nSPS) is 12.8. The first-order chi connectivity index (χ1) is 7.00. The summed E-state index contributed by atoms with van der Waals surface area (Å²) in [7, 11) is 3.54. The Bertz CT molecular complexity index is 352. The van der Waals surface area contributed by atoms with Gasteiger partial charge in [0, 0.05) is 6.54 Å². The number of carbonyl (C=O) groups is 1. The van der Waals surface area contributed by atoms with Crippen LogP contribution in [0.15, 0.2) is 24.3 Å². The number of rotatable bonds is 4. The van der Waals surface area contributed by atoms with E-state index >= 15 is 0 Å². The third kappa shape index (κ3) is 3.32. The number of hydrogen-bond acceptors (Lipinski definition) is 2. The van der Waals surface area contributed by atoms with E-state index in [0.717, 1.165) is 0 Å². The monoisotopic (exact) mass is 211 g/mol. The summed E-state index contributed by atoms with van der Waals surface area (Å²) < 4.78 is 13.6. The molecule has 1 unspecified atom stereocenters. The maximum atomic E-state index is 13.6. The Morgan fingerprint density at radius 1 is 1.53 bits per heavy atom. The van der Waals surface area contributed by atoms with Crippen LogP contribution < -0.4 is 0 Å². The molecule has 82 valence electrons. The van der Waals surface area contributed by atoms with Gasteiger partial charge in [-0.15, -0.1) is 0 Å². The number of aromatic carboxylic acids is 1. The summed E-state index contributed by atoms with van der Waals surface area (Å²) in [4.78, 5) is 12.4. The number of carboxylic acid groups (broad SMARTS) is 1. The van der Waals surface area contributed by atoms with Gasteiger partial charge >= 0.3 is 5.97 Å². The number of nitrogens with zero attached hydrogens (tertiary/aromatic N) is 1. The minimum Gasteiger partial charge on any atom is -0.478 e. The maximum Gasteiger partial charge on any atom is 0.335 e. The van der Waals surface area contributed by atoms with E-state index in [9.17, 15) is 9.18 Å². The molecule has 1 aromatic rings. The maximum absolute atomic E-state index is 13.6. The molecule has 0 amide bonds. The molecular formula is C11H14FNO2. The highest BCUT2D eigenvalue weighted by Gasteiger charge is 2.12. The van der Waals surface area contributed by atoms with Crippen LogP contribution in [0.3, 0.4) is 0 Å². The van der Waals surface area contributed by atoms with Crippen molar-refractivity contribution in [3.05, 3.63) is 35.4 Å². The average Bonchev–Trinajstić information content (AvgIpc) is 2.17. The summed E-state index contributed by atoms with van der Waals surface area (Å²) >= 11 is 0. The van der Waals surface area contributed by atoms with Gasteiger partial charge in [0.05, 0.1) is 5.56 Å². The van der Waals surface area contributed by atoms with Crippen LogP contribution in [0.5, 0.6) is 0 Å². The van der Waals surface area contributed by atoms with Crippen molar-refractivity contribution in [3.63, 3.8) is 0 Å². The molecule has 0 saturated carbocycles. The predicted octanol–water partition coefficient (Wildman–Crippen LogP) is 1.96. The number of alkyl halides is 1. The molecule has 1 aromatic carbocycles. The molecule has 4 heteroatoms. The Labute approximate surface area is 88.1 Å². The molecule has 15 heavy (non-hydrogen) atoms. The van der Waals surface area contributed by atoms with Gasteiger partial charge in [-0.25, -0.2) is 9.18 Å². The van der Waals surface area contributed by atoms with Gasteiger partial charge in [0.2, 0.25) is 0 Å². The van der Waals surface area contributed by atoms with E-state index in [4.69, 9.17) is 5.11 Å². The Balaban J connectivity index is 2.85. The van der Waals surface area contributed by atoms with Crippen molar-refractivity contribution in [3.8, 4) is 0 Å². The van der Waals surface area contributed by atoms with Crippen molar-refractivity contribution in [2.75, 3.05) is 20.6 Å². The van der Waals surface area contributed by atoms with Crippen LogP contribution in [-0.2, 0) is 0 Å². The summed E-state index contributed by atoms with van der Waals surface area (Å²) in [5.74, 6) is -1.03. The second-order valence-corrected chi connectivity index (χ2v) is 3.66. The first-order valence-electron chi connectivity index (χ1n) is 4.62. The van der Waals surface area contributed by atoms with Crippen molar-refractivity contribution >= 4 is 5.97 Å². The highest BCUT2D eigenvalue weighted by Crippen LogP contribution is 2.19. The molecule has 3 nitrogen and oxygen atoms in total. The van der Waals surface area contributed by atoms with Gasteiger partial charge < -0.3 is 10.0 Å². The lowest BCUT2D eigenvalue weighted by Crippen LogP contribution is -2.18. The first-order valence-corrected chi connectivity index (χ1v) is 4.62. The zero-order valence-electron chi connectivity index (χ0n) is 8.77. The summed E-state index contributed by atoms with van der Waals surface area (Å²) in [5.41, 5.74) is 0.525. The lowest BCUT2D eigenvalue weighted by atomic mass is 10.1. The Kier molecular flexibility index (Phi) is 3.80. The molecule has 0 aliphatic carbocycles. The lowest BCUT2D eigenvalue weighted by molar-refractivity contribution is 0.0696. The SMILES string of the molecule is CN(C)CC(F)c1cccc(C(=O)O)c1. The molecule has 1 N–H and O–H groups in total. The van der Waals surface area contributed by atoms with Crippen molar-refractivity contribution in [1.29, 1.82) is 0 Å². The van der Waals surface area contributed by atoms with Gasteiger partial charge in [-0.05, 0) is 31.8 Å². The van der Waals surface area contributed by atoms with E-state index in [1.54, 1.807) is 31.1 Å². The first kappa shape index (κ1) is 11.7. The molecule has 0 bridgehead atoms. The van der Waals surface area contributed by atoms with Crippen LogP contribution in [0.2, 0.25) is 0 Å². The largest absolute Gasteiger partial charge is 0.478 e. The Hall–Kier alpha value is -1.42. The molecule has 0 spiro atoms.